The second-order valence-corrected chi connectivity index (χ2v) is 3.23. The summed E-state index contributed by atoms with van der Waals surface area (Å²) in [6, 6.07) is -0.320. The van der Waals surface area contributed by atoms with Gasteiger partial charge < -0.3 is 5.73 Å². The molecule has 0 amide bonds. The first-order valence-corrected chi connectivity index (χ1v) is 4.56. The fourth-order valence-corrected chi connectivity index (χ4v) is 1.21. The molecule has 0 saturated heterocycles. The Morgan fingerprint density at radius 3 is 2.40 bits per heavy atom. The Labute approximate surface area is 87.4 Å². The van der Waals surface area contributed by atoms with Gasteiger partial charge in [-0.2, -0.15) is 0 Å². The molecule has 0 radical (unpaired) electrons. The van der Waals surface area contributed by atoms with Crippen LogP contribution in [0, 0.1) is 6.92 Å². The van der Waals surface area contributed by atoms with E-state index in [0.29, 0.717) is 0 Å². The van der Waals surface area contributed by atoms with Crippen LogP contribution < -0.4 is 5.73 Å². The summed E-state index contributed by atoms with van der Waals surface area (Å²) in [5.74, 6) is 0. The summed E-state index contributed by atoms with van der Waals surface area (Å²) in [7, 11) is 0. The zero-order valence-electron chi connectivity index (χ0n) is 8.33. The van der Waals surface area contributed by atoms with Gasteiger partial charge in [0, 0.05) is 24.2 Å². The SMILES string of the molecule is Cc1cnc(C(N)c2cncnc2)cn1. The second-order valence-electron chi connectivity index (χ2n) is 3.23. The summed E-state index contributed by atoms with van der Waals surface area (Å²) in [5, 5.41) is 0. The molecule has 0 bridgehead atoms. The van der Waals surface area contributed by atoms with E-state index in [1.165, 1.54) is 6.33 Å². The zero-order chi connectivity index (χ0) is 10.7. The van der Waals surface area contributed by atoms with Crippen molar-refractivity contribution in [3.05, 3.63) is 48.1 Å². The molecule has 1 unspecified atom stereocenters. The van der Waals surface area contributed by atoms with Crippen LogP contribution in [0.1, 0.15) is 23.0 Å². The van der Waals surface area contributed by atoms with Crippen molar-refractivity contribution in [3.8, 4) is 0 Å². The van der Waals surface area contributed by atoms with Crippen molar-refractivity contribution in [2.24, 2.45) is 5.73 Å². The smallest absolute Gasteiger partial charge is 0.115 e. The van der Waals surface area contributed by atoms with Gasteiger partial charge in [0.2, 0.25) is 0 Å². The molecule has 2 rings (SSSR count). The predicted molar refractivity (Wildman–Crippen MR) is 54.8 cm³/mol. The van der Waals surface area contributed by atoms with E-state index in [9.17, 15) is 0 Å². The molecule has 0 spiro atoms. The number of hydrogen-bond acceptors (Lipinski definition) is 5. The highest BCUT2D eigenvalue weighted by Crippen LogP contribution is 2.14. The molecule has 2 aromatic rings. The van der Waals surface area contributed by atoms with Crippen LogP contribution in [-0.4, -0.2) is 19.9 Å². The highest BCUT2D eigenvalue weighted by Gasteiger charge is 2.10. The van der Waals surface area contributed by atoms with Crippen molar-refractivity contribution in [1.82, 2.24) is 19.9 Å². The van der Waals surface area contributed by atoms with Crippen LogP contribution in [0.5, 0.6) is 0 Å². The van der Waals surface area contributed by atoms with E-state index in [2.05, 4.69) is 19.9 Å². The molecule has 15 heavy (non-hydrogen) atoms. The third-order valence-corrected chi connectivity index (χ3v) is 2.06. The van der Waals surface area contributed by atoms with E-state index in [1.54, 1.807) is 24.8 Å². The molecule has 2 heterocycles. The van der Waals surface area contributed by atoms with Gasteiger partial charge >= 0.3 is 0 Å². The Kier molecular flexibility index (Phi) is 2.64. The van der Waals surface area contributed by atoms with Gasteiger partial charge in [-0.25, -0.2) is 9.97 Å². The lowest BCUT2D eigenvalue weighted by atomic mass is 10.1. The lowest BCUT2D eigenvalue weighted by Gasteiger charge is -2.09. The summed E-state index contributed by atoms with van der Waals surface area (Å²) in [6.45, 7) is 1.88. The van der Waals surface area contributed by atoms with Gasteiger partial charge in [0.1, 0.15) is 6.33 Å². The van der Waals surface area contributed by atoms with Crippen LogP contribution >= 0.6 is 0 Å². The quantitative estimate of drug-likeness (QED) is 0.770. The molecule has 2 aromatic heterocycles. The molecule has 1 atom stereocenters. The van der Waals surface area contributed by atoms with Crippen molar-refractivity contribution in [1.29, 1.82) is 0 Å². The van der Waals surface area contributed by atoms with Crippen LogP contribution in [0.2, 0.25) is 0 Å². The maximum absolute atomic E-state index is 5.98. The number of aromatic nitrogens is 4. The van der Waals surface area contributed by atoms with Gasteiger partial charge in [-0.05, 0) is 6.92 Å². The number of rotatable bonds is 2. The summed E-state index contributed by atoms with van der Waals surface area (Å²) in [4.78, 5) is 16.2. The van der Waals surface area contributed by atoms with Crippen molar-refractivity contribution in [2.75, 3.05) is 0 Å². The minimum Gasteiger partial charge on any atom is -0.319 e. The third kappa shape index (κ3) is 2.13. The summed E-state index contributed by atoms with van der Waals surface area (Å²) in [6.07, 6.45) is 8.20. The Morgan fingerprint density at radius 1 is 1.07 bits per heavy atom. The molecule has 76 valence electrons. The normalized spacial score (nSPS) is 12.4. The largest absolute Gasteiger partial charge is 0.319 e. The van der Waals surface area contributed by atoms with Gasteiger partial charge in [0.25, 0.3) is 0 Å². The maximum Gasteiger partial charge on any atom is 0.115 e. The van der Waals surface area contributed by atoms with Crippen LogP contribution in [0.3, 0.4) is 0 Å². The number of hydrogen-bond donors (Lipinski definition) is 1. The Morgan fingerprint density at radius 2 is 1.80 bits per heavy atom. The van der Waals surface area contributed by atoms with E-state index in [4.69, 9.17) is 5.73 Å². The molecule has 0 aliphatic rings. The van der Waals surface area contributed by atoms with Gasteiger partial charge in [-0.1, -0.05) is 0 Å². The first kappa shape index (κ1) is 9.67. The Bertz CT molecular complexity index is 425. The standard InChI is InChI=1S/C10H11N5/c1-7-2-15-9(5-14-7)10(11)8-3-12-6-13-4-8/h2-6,10H,11H2,1H3. The molecule has 0 aromatic carbocycles. The average Bonchev–Trinajstić information content (AvgIpc) is 2.30. The molecule has 5 heteroatoms. The lowest BCUT2D eigenvalue weighted by molar-refractivity contribution is 0.800. The minimum absolute atomic E-state index is 0.320. The number of aryl methyl sites for hydroxylation is 1. The van der Waals surface area contributed by atoms with E-state index in [-0.39, 0.29) is 6.04 Å². The average molecular weight is 201 g/mol. The number of nitrogens with two attached hydrogens (primary N) is 1. The lowest BCUT2D eigenvalue weighted by Crippen LogP contribution is -2.14. The highest BCUT2D eigenvalue weighted by atomic mass is 14.9. The Hall–Kier alpha value is -1.88. The molecule has 0 fully saturated rings. The van der Waals surface area contributed by atoms with Gasteiger partial charge in [0.15, 0.2) is 0 Å². The predicted octanol–water partition coefficient (Wildman–Crippen LogP) is 0.623. The minimum atomic E-state index is -0.320. The van der Waals surface area contributed by atoms with E-state index in [1.807, 2.05) is 6.92 Å². The molecular weight excluding hydrogens is 190 g/mol. The maximum atomic E-state index is 5.98. The zero-order valence-corrected chi connectivity index (χ0v) is 8.33. The Balaban J connectivity index is 2.29. The molecule has 2 N–H and O–H groups in total. The monoisotopic (exact) mass is 201 g/mol. The van der Waals surface area contributed by atoms with Crippen molar-refractivity contribution in [2.45, 2.75) is 13.0 Å². The van der Waals surface area contributed by atoms with Crippen LogP contribution in [0.25, 0.3) is 0 Å². The fourth-order valence-electron chi connectivity index (χ4n) is 1.21. The third-order valence-electron chi connectivity index (χ3n) is 2.06. The highest BCUT2D eigenvalue weighted by molar-refractivity contribution is 5.20. The van der Waals surface area contributed by atoms with Crippen LogP contribution in [0.15, 0.2) is 31.1 Å². The molecule has 5 nitrogen and oxygen atoms in total. The second kappa shape index (κ2) is 4.10. The van der Waals surface area contributed by atoms with E-state index >= 15 is 0 Å². The van der Waals surface area contributed by atoms with Gasteiger partial charge in [-0.3, -0.25) is 9.97 Å². The first-order chi connectivity index (χ1) is 7.27. The molecule has 0 aliphatic carbocycles. The molecular formula is C10H11N5. The summed E-state index contributed by atoms with van der Waals surface area (Å²) < 4.78 is 0. The van der Waals surface area contributed by atoms with Crippen LogP contribution in [-0.2, 0) is 0 Å². The molecule has 0 saturated carbocycles. The summed E-state index contributed by atoms with van der Waals surface area (Å²) >= 11 is 0. The van der Waals surface area contributed by atoms with Crippen molar-refractivity contribution >= 4 is 0 Å². The first-order valence-electron chi connectivity index (χ1n) is 4.56. The van der Waals surface area contributed by atoms with Crippen molar-refractivity contribution < 1.29 is 0 Å². The topological polar surface area (TPSA) is 77.6 Å². The van der Waals surface area contributed by atoms with Crippen molar-refractivity contribution in [3.63, 3.8) is 0 Å². The van der Waals surface area contributed by atoms with Gasteiger partial charge in [-0.15, -0.1) is 0 Å². The summed E-state index contributed by atoms with van der Waals surface area (Å²) in [5.41, 5.74) is 8.40. The van der Waals surface area contributed by atoms with Gasteiger partial charge in [0.05, 0.1) is 23.6 Å². The fraction of sp³-hybridized carbons (Fsp3) is 0.200. The number of nitrogens with zero attached hydrogens (tertiary/aromatic N) is 4. The van der Waals surface area contributed by atoms with E-state index < -0.39 is 0 Å². The van der Waals surface area contributed by atoms with E-state index in [0.717, 1.165) is 17.0 Å². The van der Waals surface area contributed by atoms with Crippen LogP contribution in [0.4, 0.5) is 0 Å². The molecule has 0 aliphatic heterocycles.